The van der Waals surface area contributed by atoms with Crippen LogP contribution >= 0.6 is 11.3 Å². The molecule has 2 heterocycles. The molecule has 0 saturated heterocycles. The molecule has 18 heavy (non-hydrogen) atoms. The number of hydrogen-bond donors (Lipinski definition) is 1. The highest BCUT2D eigenvalue weighted by Gasteiger charge is 2.26. The Bertz CT molecular complexity index is 554. The Morgan fingerprint density at radius 3 is 2.83 bits per heavy atom. The highest BCUT2D eigenvalue weighted by atomic mass is 32.1. The lowest BCUT2D eigenvalue weighted by Gasteiger charge is -2.23. The minimum Gasteiger partial charge on any atom is -0.339 e. The summed E-state index contributed by atoms with van der Waals surface area (Å²) in [7, 11) is 0. The van der Waals surface area contributed by atoms with Crippen LogP contribution in [0.1, 0.15) is 29.3 Å². The van der Waals surface area contributed by atoms with Crippen molar-refractivity contribution in [1.82, 2.24) is 15.3 Å². The maximum Gasteiger partial charge on any atom is 0.270 e. The van der Waals surface area contributed by atoms with Crippen molar-refractivity contribution in [2.24, 2.45) is 0 Å². The molecule has 0 aliphatic carbocycles. The smallest absolute Gasteiger partial charge is 0.270 e. The van der Waals surface area contributed by atoms with Gasteiger partial charge < -0.3 is 5.32 Å². The van der Waals surface area contributed by atoms with E-state index in [9.17, 15) is 9.18 Å². The van der Waals surface area contributed by atoms with Crippen LogP contribution in [0, 0.1) is 5.95 Å². The number of nitrogens with one attached hydrogen (secondary N) is 1. The van der Waals surface area contributed by atoms with Gasteiger partial charge in [-0.1, -0.05) is 6.07 Å². The molecule has 0 unspecified atom stereocenters. The second-order valence-electron chi connectivity index (χ2n) is 4.26. The lowest BCUT2D eigenvalue weighted by molar-refractivity contribution is 0.0905. The van der Waals surface area contributed by atoms with Crippen LogP contribution in [-0.4, -0.2) is 15.9 Å². The van der Waals surface area contributed by atoms with Crippen LogP contribution in [0.5, 0.6) is 0 Å². The zero-order valence-electron chi connectivity index (χ0n) is 9.98. The molecule has 94 valence electrons. The molecule has 2 rings (SSSR count). The summed E-state index contributed by atoms with van der Waals surface area (Å²) in [5, 5.41) is 5.40. The largest absolute Gasteiger partial charge is 0.339 e. The van der Waals surface area contributed by atoms with Gasteiger partial charge in [0.15, 0.2) is 0 Å². The summed E-state index contributed by atoms with van der Waals surface area (Å²) < 4.78 is 12.9. The third kappa shape index (κ3) is 2.70. The lowest BCUT2D eigenvalue weighted by atomic mass is 10.1. The minimum absolute atomic E-state index is 0.0552. The first-order valence-electron chi connectivity index (χ1n) is 5.34. The molecule has 1 N–H and O–H groups in total. The maximum absolute atomic E-state index is 12.9. The van der Waals surface area contributed by atoms with Crippen molar-refractivity contribution in [2.75, 3.05) is 0 Å². The van der Waals surface area contributed by atoms with Gasteiger partial charge in [0.25, 0.3) is 5.91 Å². The normalized spacial score (nSPS) is 11.3. The number of halogens is 1. The van der Waals surface area contributed by atoms with Crippen LogP contribution in [0.4, 0.5) is 4.39 Å². The number of amides is 1. The van der Waals surface area contributed by atoms with Gasteiger partial charge in [0.05, 0.1) is 5.54 Å². The second-order valence-corrected chi connectivity index (χ2v) is 5.16. The molecule has 0 bridgehead atoms. The lowest BCUT2D eigenvalue weighted by Crippen LogP contribution is -2.41. The molecule has 0 saturated carbocycles. The van der Waals surface area contributed by atoms with E-state index in [1.54, 1.807) is 6.20 Å². The van der Waals surface area contributed by atoms with E-state index in [4.69, 9.17) is 0 Å². The molecule has 0 atom stereocenters. The molecular weight excluding hydrogens is 253 g/mol. The quantitative estimate of drug-likeness (QED) is 0.867. The summed E-state index contributed by atoms with van der Waals surface area (Å²) in [6.07, 6.45) is 1.67. The molecular formula is C12H12FN3OS. The van der Waals surface area contributed by atoms with Crippen molar-refractivity contribution in [2.45, 2.75) is 19.4 Å². The first-order valence-corrected chi connectivity index (χ1v) is 6.22. The zero-order valence-corrected chi connectivity index (χ0v) is 10.8. The number of aromatic nitrogens is 2. The van der Waals surface area contributed by atoms with Crippen molar-refractivity contribution in [3.63, 3.8) is 0 Å². The number of pyridine rings is 1. The highest BCUT2D eigenvalue weighted by molar-refractivity contribution is 7.09. The van der Waals surface area contributed by atoms with Crippen LogP contribution in [-0.2, 0) is 5.54 Å². The first kappa shape index (κ1) is 12.6. The molecule has 0 aliphatic heterocycles. The molecule has 0 aromatic carbocycles. The first-order chi connectivity index (χ1) is 8.49. The van der Waals surface area contributed by atoms with Crippen LogP contribution in [0.25, 0.3) is 0 Å². The Hall–Kier alpha value is -1.82. The molecule has 0 radical (unpaired) electrons. The van der Waals surface area contributed by atoms with Gasteiger partial charge in [-0.2, -0.15) is 4.39 Å². The van der Waals surface area contributed by atoms with Gasteiger partial charge in [-0.05, 0) is 26.0 Å². The fourth-order valence-corrected chi connectivity index (χ4v) is 2.19. The van der Waals surface area contributed by atoms with E-state index < -0.39 is 17.4 Å². The number of carbonyl (C=O) groups excluding carboxylic acids is 1. The van der Waals surface area contributed by atoms with Gasteiger partial charge in [0.2, 0.25) is 5.95 Å². The number of carbonyl (C=O) groups is 1. The van der Waals surface area contributed by atoms with Crippen molar-refractivity contribution < 1.29 is 9.18 Å². The Balaban J connectivity index is 2.17. The van der Waals surface area contributed by atoms with Crippen molar-refractivity contribution in [3.8, 4) is 0 Å². The third-order valence-corrected chi connectivity index (χ3v) is 3.44. The SMILES string of the molecule is CC(C)(NC(=O)c1cccc(F)n1)c1nccs1. The van der Waals surface area contributed by atoms with E-state index in [-0.39, 0.29) is 5.69 Å². The van der Waals surface area contributed by atoms with E-state index in [2.05, 4.69) is 15.3 Å². The topological polar surface area (TPSA) is 54.9 Å². The van der Waals surface area contributed by atoms with Gasteiger partial charge in [0, 0.05) is 11.6 Å². The maximum atomic E-state index is 12.9. The Morgan fingerprint density at radius 2 is 2.22 bits per heavy atom. The second kappa shape index (κ2) is 4.81. The van der Waals surface area contributed by atoms with E-state index in [0.717, 1.165) is 5.01 Å². The van der Waals surface area contributed by atoms with Crippen molar-refractivity contribution in [3.05, 3.63) is 46.4 Å². The fraction of sp³-hybridized carbons (Fsp3) is 0.250. The predicted molar refractivity (Wildman–Crippen MR) is 66.8 cm³/mol. The van der Waals surface area contributed by atoms with E-state index in [1.165, 1.54) is 29.5 Å². The zero-order chi connectivity index (χ0) is 13.2. The van der Waals surface area contributed by atoms with Crippen LogP contribution in [0.3, 0.4) is 0 Å². The van der Waals surface area contributed by atoms with Crippen molar-refractivity contribution in [1.29, 1.82) is 0 Å². The molecule has 4 nitrogen and oxygen atoms in total. The average molecular weight is 265 g/mol. The van der Waals surface area contributed by atoms with Gasteiger partial charge in [0.1, 0.15) is 10.7 Å². The minimum atomic E-state index is -0.672. The summed E-state index contributed by atoms with van der Waals surface area (Å²) in [5.74, 6) is -1.09. The number of rotatable bonds is 3. The summed E-state index contributed by atoms with van der Waals surface area (Å²) in [5.41, 5.74) is -0.557. The fourth-order valence-electron chi connectivity index (χ4n) is 1.47. The van der Waals surface area contributed by atoms with E-state index in [0.29, 0.717) is 0 Å². The van der Waals surface area contributed by atoms with Gasteiger partial charge in [-0.25, -0.2) is 9.97 Å². The monoisotopic (exact) mass is 265 g/mol. The molecule has 6 heteroatoms. The Morgan fingerprint density at radius 1 is 1.44 bits per heavy atom. The number of nitrogens with zero attached hydrogens (tertiary/aromatic N) is 2. The number of hydrogen-bond acceptors (Lipinski definition) is 4. The van der Waals surface area contributed by atoms with Crippen LogP contribution in [0.15, 0.2) is 29.8 Å². The van der Waals surface area contributed by atoms with Crippen LogP contribution < -0.4 is 5.32 Å². The summed E-state index contributed by atoms with van der Waals surface area (Å²) in [6, 6.07) is 4.12. The molecule has 0 fully saturated rings. The number of thiazole rings is 1. The molecule has 2 aromatic rings. The average Bonchev–Trinajstić information content (AvgIpc) is 2.82. The van der Waals surface area contributed by atoms with E-state index in [1.807, 2.05) is 19.2 Å². The summed E-state index contributed by atoms with van der Waals surface area (Å²) in [6.45, 7) is 3.67. The third-order valence-electron chi connectivity index (χ3n) is 2.34. The highest BCUT2D eigenvalue weighted by Crippen LogP contribution is 2.22. The van der Waals surface area contributed by atoms with Gasteiger partial charge >= 0.3 is 0 Å². The summed E-state index contributed by atoms with van der Waals surface area (Å²) in [4.78, 5) is 19.6. The summed E-state index contributed by atoms with van der Waals surface area (Å²) >= 11 is 1.45. The standard InChI is InChI=1S/C12H12FN3OS/c1-12(2,11-14-6-7-18-11)16-10(17)8-4-3-5-9(13)15-8/h3-7H,1-2H3,(H,16,17). The molecule has 0 aliphatic rings. The van der Waals surface area contributed by atoms with Crippen molar-refractivity contribution >= 4 is 17.2 Å². The van der Waals surface area contributed by atoms with Gasteiger partial charge in [-0.15, -0.1) is 11.3 Å². The van der Waals surface area contributed by atoms with Crippen LogP contribution in [0.2, 0.25) is 0 Å². The van der Waals surface area contributed by atoms with E-state index >= 15 is 0 Å². The predicted octanol–water partition coefficient (Wildman–Crippen LogP) is 2.34. The molecule has 0 spiro atoms. The Labute approximate surface area is 108 Å². The molecule has 1 amide bonds. The van der Waals surface area contributed by atoms with Gasteiger partial charge in [-0.3, -0.25) is 4.79 Å². The Kier molecular flexibility index (Phi) is 3.38. The molecule has 2 aromatic heterocycles.